The Balaban J connectivity index is 0.000000160. The molecule has 0 unspecified atom stereocenters. The fourth-order valence-electron chi connectivity index (χ4n) is 6.25. The van der Waals surface area contributed by atoms with Crippen molar-refractivity contribution in [1.29, 1.82) is 0 Å². The molecule has 14 heteroatoms. The van der Waals surface area contributed by atoms with Gasteiger partial charge >= 0.3 is 11.9 Å². The maximum atomic E-state index is 11.6. The molecule has 13 nitrogen and oxygen atoms in total. The van der Waals surface area contributed by atoms with Gasteiger partial charge in [-0.15, -0.1) is 0 Å². The third-order valence-corrected chi connectivity index (χ3v) is 9.24. The van der Waals surface area contributed by atoms with E-state index in [0.29, 0.717) is 33.2 Å². The molecule has 0 aliphatic heterocycles. The molecule has 0 atom stereocenters. The zero-order valence-corrected chi connectivity index (χ0v) is 35.5. The number of hydrogen-bond donors (Lipinski definition) is 2. The number of methoxy groups -OCH3 is 2. The zero-order valence-electron chi connectivity index (χ0n) is 33.8. The Bertz CT molecular complexity index is 2860. The van der Waals surface area contributed by atoms with Gasteiger partial charge in [0.15, 0.2) is 0 Å². The first kappa shape index (κ1) is 44.5. The molecule has 6 heterocycles. The SMILES string of the molecule is COc1ccc(/C=C/c2ccncn2)c(OC)c1.O=C(O)c1cc(-c2cc(C(=O)O)c3ccccc3n2)nc2ccccc12.[Ru].c1ccc(-c2cccc(-c3ccccn3)n2)nc1. The van der Waals surface area contributed by atoms with Crippen molar-refractivity contribution in [2.24, 2.45) is 0 Å². The van der Waals surface area contributed by atoms with Crippen LogP contribution in [0.1, 0.15) is 32.0 Å². The summed E-state index contributed by atoms with van der Waals surface area (Å²) >= 11 is 0. The van der Waals surface area contributed by atoms with E-state index in [2.05, 4.69) is 34.9 Å². The first-order valence-electron chi connectivity index (χ1n) is 19.0. The number of para-hydroxylation sites is 2. The molecule has 0 bridgehead atoms. The summed E-state index contributed by atoms with van der Waals surface area (Å²) in [5.74, 6) is -0.626. The minimum atomic E-state index is -1.08. The van der Waals surface area contributed by atoms with Crippen LogP contribution in [0.5, 0.6) is 11.5 Å². The van der Waals surface area contributed by atoms with Gasteiger partial charge in [-0.3, -0.25) is 9.97 Å². The smallest absolute Gasteiger partial charge is 0.336 e. The summed E-state index contributed by atoms with van der Waals surface area (Å²) in [6.45, 7) is 0. The molecule has 9 aromatic rings. The van der Waals surface area contributed by atoms with Gasteiger partial charge in [0.1, 0.15) is 17.8 Å². The third-order valence-electron chi connectivity index (χ3n) is 9.24. The molecule has 9 rings (SSSR count). The van der Waals surface area contributed by atoms with Crippen molar-refractivity contribution >= 4 is 45.9 Å². The number of nitrogens with zero attached hydrogens (tertiary/aromatic N) is 7. The number of carboxylic acid groups (broad SMARTS) is 2. The molecule has 0 radical (unpaired) electrons. The van der Waals surface area contributed by atoms with Gasteiger partial charge in [-0.1, -0.05) is 54.6 Å². The predicted octanol–water partition coefficient (Wildman–Crippen LogP) is 9.71. The number of benzene rings is 3. The Labute approximate surface area is 374 Å². The number of fused-ring (bicyclic) bond motifs is 2. The van der Waals surface area contributed by atoms with E-state index in [9.17, 15) is 19.8 Å². The monoisotopic (exact) mass is 921 g/mol. The molecule has 0 spiro atoms. The molecule has 0 saturated carbocycles. The molecular formula is C49H37N7O6Ru. The number of carbonyl (C=O) groups is 2. The Morgan fingerprint density at radius 2 is 1.05 bits per heavy atom. The van der Waals surface area contributed by atoms with E-state index in [-0.39, 0.29) is 30.6 Å². The summed E-state index contributed by atoms with van der Waals surface area (Å²) in [4.78, 5) is 53.4. The van der Waals surface area contributed by atoms with E-state index in [1.807, 2.05) is 91.0 Å². The molecule has 0 saturated heterocycles. The van der Waals surface area contributed by atoms with Gasteiger partial charge in [-0.2, -0.15) is 0 Å². The Hall–Kier alpha value is -8.09. The second kappa shape index (κ2) is 21.4. The minimum Gasteiger partial charge on any atom is -0.497 e. The third kappa shape index (κ3) is 11.2. The number of rotatable bonds is 9. The Morgan fingerprint density at radius 1 is 0.508 bits per heavy atom. The summed E-state index contributed by atoms with van der Waals surface area (Å²) in [5, 5.41) is 20.1. The second-order valence-corrected chi connectivity index (χ2v) is 13.2. The summed E-state index contributed by atoms with van der Waals surface area (Å²) < 4.78 is 10.5. The van der Waals surface area contributed by atoms with Gasteiger partial charge in [0.2, 0.25) is 0 Å². The normalized spacial score (nSPS) is 10.4. The predicted molar refractivity (Wildman–Crippen MR) is 238 cm³/mol. The van der Waals surface area contributed by atoms with Crippen LogP contribution in [0.4, 0.5) is 0 Å². The van der Waals surface area contributed by atoms with Crippen molar-refractivity contribution < 1.29 is 48.8 Å². The quantitative estimate of drug-likeness (QED) is 0.131. The largest absolute Gasteiger partial charge is 0.497 e. The van der Waals surface area contributed by atoms with Crippen LogP contribution in [0.15, 0.2) is 164 Å². The van der Waals surface area contributed by atoms with Crippen LogP contribution in [-0.4, -0.2) is 71.3 Å². The molecule has 63 heavy (non-hydrogen) atoms. The van der Waals surface area contributed by atoms with Crippen LogP contribution in [0.2, 0.25) is 0 Å². The van der Waals surface area contributed by atoms with Crippen molar-refractivity contribution in [3.63, 3.8) is 0 Å². The van der Waals surface area contributed by atoms with Crippen molar-refractivity contribution in [3.05, 3.63) is 187 Å². The summed E-state index contributed by atoms with van der Waals surface area (Å²) in [5.41, 5.74) is 7.12. The van der Waals surface area contributed by atoms with Gasteiger partial charge < -0.3 is 19.7 Å². The standard InChI is InChI=1S/C20H12N2O4.C15H11N3.C14H14N2O2.Ru/c23-19(24)13-9-17(21-15-7-3-1-5-11(13)15)18-10-14(20(25)26)12-6-2-4-8-16(12)22-18;1-3-10-16-12(6-1)14-8-5-9-15(18-14)13-7-2-4-11-17-13;1-17-13-6-4-11(14(9-13)18-2)3-5-12-7-8-15-10-16-12;/h1-10H,(H,23,24)(H,25,26);1-11H;3-10H,1-2H3;/b;;5-3+;. The number of ether oxygens (including phenoxy) is 2. The van der Waals surface area contributed by atoms with E-state index in [4.69, 9.17) is 9.47 Å². The fraction of sp³-hybridized carbons (Fsp3) is 0.0408. The van der Waals surface area contributed by atoms with Crippen molar-refractivity contribution in [2.45, 2.75) is 0 Å². The van der Waals surface area contributed by atoms with Gasteiger partial charge in [0.05, 0.1) is 76.2 Å². The average molecular weight is 921 g/mol. The molecule has 3 aromatic carbocycles. The molecule has 0 fully saturated rings. The maximum Gasteiger partial charge on any atom is 0.336 e. The van der Waals surface area contributed by atoms with Gasteiger partial charge in [0, 0.05) is 60.5 Å². The van der Waals surface area contributed by atoms with Crippen molar-refractivity contribution in [3.8, 4) is 45.7 Å². The molecule has 312 valence electrons. The zero-order chi connectivity index (χ0) is 43.3. The van der Waals surface area contributed by atoms with Crippen LogP contribution >= 0.6 is 0 Å². The van der Waals surface area contributed by atoms with E-state index >= 15 is 0 Å². The summed E-state index contributed by atoms with van der Waals surface area (Å²) in [6.07, 6.45) is 10.6. The fourth-order valence-corrected chi connectivity index (χ4v) is 6.25. The Kier molecular flexibility index (Phi) is 15.1. The van der Waals surface area contributed by atoms with Crippen LogP contribution in [-0.2, 0) is 19.5 Å². The molecular weight excluding hydrogens is 884 g/mol. The van der Waals surface area contributed by atoms with Gasteiger partial charge in [-0.05, 0) is 91.0 Å². The number of hydrogen-bond acceptors (Lipinski definition) is 11. The van der Waals surface area contributed by atoms with E-state index in [1.54, 1.807) is 81.3 Å². The number of aromatic nitrogens is 7. The first-order valence-corrected chi connectivity index (χ1v) is 19.0. The van der Waals surface area contributed by atoms with Gasteiger partial charge in [-0.25, -0.2) is 34.5 Å². The van der Waals surface area contributed by atoms with Crippen LogP contribution < -0.4 is 9.47 Å². The maximum absolute atomic E-state index is 11.6. The van der Waals surface area contributed by atoms with E-state index in [0.717, 1.165) is 45.5 Å². The summed E-state index contributed by atoms with van der Waals surface area (Å²) in [6, 6.07) is 41.7. The average Bonchev–Trinajstić information content (AvgIpc) is 3.33. The Morgan fingerprint density at radius 3 is 1.52 bits per heavy atom. The van der Waals surface area contributed by atoms with Gasteiger partial charge in [0.25, 0.3) is 0 Å². The molecule has 2 N–H and O–H groups in total. The van der Waals surface area contributed by atoms with Crippen LogP contribution in [0.3, 0.4) is 0 Å². The molecule has 0 aliphatic rings. The van der Waals surface area contributed by atoms with Crippen LogP contribution in [0, 0.1) is 0 Å². The number of pyridine rings is 5. The van der Waals surface area contributed by atoms with E-state index in [1.165, 1.54) is 18.5 Å². The molecule has 6 aromatic heterocycles. The van der Waals surface area contributed by atoms with Crippen LogP contribution in [0.25, 0.3) is 68.1 Å². The molecule has 0 aliphatic carbocycles. The topological polar surface area (TPSA) is 183 Å². The summed E-state index contributed by atoms with van der Waals surface area (Å²) in [7, 11) is 3.27. The van der Waals surface area contributed by atoms with E-state index < -0.39 is 11.9 Å². The van der Waals surface area contributed by atoms with Crippen molar-refractivity contribution in [1.82, 2.24) is 34.9 Å². The first-order chi connectivity index (χ1) is 30.3. The minimum absolute atomic E-state index is 0. The van der Waals surface area contributed by atoms with Crippen molar-refractivity contribution in [2.75, 3.05) is 14.2 Å². The number of aromatic carboxylic acids is 2. The second-order valence-electron chi connectivity index (χ2n) is 13.2. The number of carboxylic acids is 2. The molecule has 0 amide bonds.